The summed E-state index contributed by atoms with van der Waals surface area (Å²) in [5.74, 6) is 0.172. The van der Waals surface area contributed by atoms with Crippen molar-refractivity contribution in [3.63, 3.8) is 0 Å². The van der Waals surface area contributed by atoms with Crippen LogP contribution in [0.25, 0.3) is 5.65 Å². The Labute approximate surface area is 165 Å². The van der Waals surface area contributed by atoms with Crippen LogP contribution < -0.4 is 0 Å². The zero-order valence-corrected chi connectivity index (χ0v) is 17.1. The van der Waals surface area contributed by atoms with E-state index in [9.17, 15) is 4.79 Å². The summed E-state index contributed by atoms with van der Waals surface area (Å²) in [6.07, 6.45) is 6.02. The molecule has 0 saturated carbocycles. The Kier molecular flexibility index (Phi) is 4.69. The summed E-state index contributed by atoms with van der Waals surface area (Å²) in [6.45, 7) is 9.86. The van der Waals surface area contributed by atoms with Crippen LogP contribution in [-0.4, -0.2) is 41.7 Å². The lowest BCUT2D eigenvalue weighted by molar-refractivity contribution is -0.132. The van der Waals surface area contributed by atoms with Crippen molar-refractivity contribution < 1.29 is 4.79 Å². The summed E-state index contributed by atoms with van der Waals surface area (Å²) in [5.41, 5.74) is 3.93. The van der Waals surface area contributed by atoms with Gasteiger partial charge in [-0.3, -0.25) is 9.48 Å². The third kappa shape index (κ3) is 3.41. The van der Waals surface area contributed by atoms with Gasteiger partial charge >= 0.3 is 0 Å². The largest absolute Gasteiger partial charge is 0.334 e. The molecule has 0 N–H and O–H groups in total. The van der Waals surface area contributed by atoms with Crippen LogP contribution >= 0.6 is 0 Å². The maximum Gasteiger partial charge on any atom is 0.224 e. The molecule has 1 fully saturated rings. The maximum atomic E-state index is 13.0. The molecule has 7 heteroatoms. The number of likely N-dealkylation sites (tertiary alicyclic amines) is 1. The molecule has 3 aromatic heterocycles. The first-order valence-electron chi connectivity index (χ1n) is 9.97. The first kappa shape index (κ1) is 18.7. The summed E-state index contributed by atoms with van der Waals surface area (Å²) in [7, 11) is 0. The maximum absolute atomic E-state index is 13.0. The lowest BCUT2D eigenvalue weighted by atomic mass is 9.93. The number of carbonyl (C=O) groups excluding carboxylic acids is 1. The second-order valence-corrected chi connectivity index (χ2v) is 8.61. The lowest BCUT2D eigenvalue weighted by Gasteiger charge is -2.25. The Morgan fingerprint density at radius 2 is 2.07 bits per heavy atom. The number of aryl methyl sites for hydroxylation is 2. The molecule has 1 aliphatic heterocycles. The molecule has 0 bridgehead atoms. The van der Waals surface area contributed by atoms with Gasteiger partial charge in [0.15, 0.2) is 5.65 Å². The van der Waals surface area contributed by atoms with Crippen molar-refractivity contribution >= 4 is 11.6 Å². The van der Waals surface area contributed by atoms with Gasteiger partial charge in [-0.2, -0.15) is 10.2 Å². The average molecular weight is 380 g/mol. The Bertz CT molecular complexity index is 996. The van der Waals surface area contributed by atoms with Crippen molar-refractivity contribution in [1.82, 2.24) is 29.3 Å². The van der Waals surface area contributed by atoms with Gasteiger partial charge in [0.25, 0.3) is 0 Å². The number of carbonyl (C=O) groups is 1. The third-order valence-corrected chi connectivity index (χ3v) is 5.54. The Hall–Kier alpha value is -2.70. The van der Waals surface area contributed by atoms with E-state index in [0.717, 1.165) is 42.1 Å². The van der Waals surface area contributed by atoms with Gasteiger partial charge < -0.3 is 4.90 Å². The quantitative estimate of drug-likeness (QED) is 0.696. The monoisotopic (exact) mass is 380 g/mol. The van der Waals surface area contributed by atoms with Gasteiger partial charge in [0.2, 0.25) is 5.91 Å². The zero-order valence-electron chi connectivity index (χ0n) is 17.1. The highest BCUT2D eigenvalue weighted by molar-refractivity contribution is 5.77. The third-order valence-electron chi connectivity index (χ3n) is 5.54. The molecule has 0 aromatic carbocycles. The molecular formula is C21H28N6O. The van der Waals surface area contributed by atoms with Crippen LogP contribution in [0.1, 0.15) is 63.2 Å². The molecular weight excluding hydrogens is 352 g/mol. The van der Waals surface area contributed by atoms with Crippen LogP contribution in [0.3, 0.4) is 0 Å². The minimum Gasteiger partial charge on any atom is -0.334 e. The summed E-state index contributed by atoms with van der Waals surface area (Å²) >= 11 is 0. The topological polar surface area (TPSA) is 68.3 Å². The van der Waals surface area contributed by atoms with E-state index in [-0.39, 0.29) is 17.4 Å². The van der Waals surface area contributed by atoms with E-state index in [2.05, 4.69) is 30.9 Å². The minimum absolute atomic E-state index is 0.0439. The number of fused-ring (bicyclic) bond motifs is 1. The van der Waals surface area contributed by atoms with Crippen molar-refractivity contribution in [1.29, 1.82) is 0 Å². The van der Waals surface area contributed by atoms with Gasteiger partial charge in [0.05, 0.1) is 17.4 Å². The summed E-state index contributed by atoms with van der Waals surface area (Å²) < 4.78 is 3.81. The fraction of sp³-hybridized carbons (Fsp3) is 0.524. The van der Waals surface area contributed by atoms with Crippen LogP contribution in [0.4, 0.5) is 0 Å². The van der Waals surface area contributed by atoms with E-state index in [4.69, 9.17) is 5.10 Å². The van der Waals surface area contributed by atoms with Crippen molar-refractivity contribution in [2.45, 2.75) is 65.0 Å². The molecule has 0 radical (unpaired) electrons. The second-order valence-electron chi connectivity index (χ2n) is 8.61. The number of hydrogen-bond acceptors (Lipinski definition) is 4. The van der Waals surface area contributed by atoms with Crippen molar-refractivity contribution in [3.8, 4) is 0 Å². The standard InChI is InChI=1S/C21H28N6O/c1-15-7-11-23-26(15)13-9-20(28)25-12-5-6-16(25)17-8-10-22-19-14-18(21(2,3)4)24-27(17)19/h7-8,10-11,14,16H,5-6,9,12-13H2,1-4H3/t16-/m0/s1. The molecule has 0 aliphatic carbocycles. The Morgan fingerprint density at radius 1 is 1.25 bits per heavy atom. The predicted molar refractivity (Wildman–Crippen MR) is 107 cm³/mol. The van der Waals surface area contributed by atoms with Crippen LogP contribution in [-0.2, 0) is 16.8 Å². The Balaban J connectivity index is 1.58. The molecule has 1 aliphatic rings. The molecule has 1 atom stereocenters. The van der Waals surface area contributed by atoms with Gasteiger partial charge in [-0.25, -0.2) is 9.50 Å². The molecule has 4 heterocycles. The fourth-order valence-corrected chi connectivity index (χ4v) is 3.88. The van der Waals surface area contributed by atoms with Gasteiger partial charge in [0, 0.05) is 49.1 Å². The zero-order chi connectivity index (χ0) is 19.9. The van der Waals surface area contributed by atoms with E-state index < -0.39 is 0 Å². The normalized spacial score (nSPS) is 17.6. The highest BCUT2D eigenvalue weighted by Crippen LogP contribution is 2.33. The number of aromatic nitrogens is 5. The molecule has 4 rings (SSSR count). The van der Waals surface area contributed by atoms with E-state index >= 15 is 0 Å². The van der Waals surface area contributed by atoms with Crippen LogP contribution in [0.2, 0.25) is 0 Å². The highest BCUT2D eigenvalue weighted by Gasteiger charge is 2.32. The fourth-order valence-electron chi connectivity index (χ4n) is 3.88. The minimum atomic E-state index is -0.0439. The smallest absolute Gasteiger partial charge is 0.224 e. The van der Waals surface area contributed by atoms with Crippen molar-refractivity contribution in [3.05, 3.63) is 47.7 Å². The number of nitrogens with zero attached hydrogens (tertiary/aromatic N) is 6. The van der Waals surface area contributed by atoms with Gasteiger partial charge in [-0.05, 0) is 31.9 Å². The van der Waals surface area contributed by atoms with Gasteiger partial charge in [-0.15, -0.1) is 0 Å². The Morgan fingerprint density at radius 3 is 2.79 bits per heavy atom. The molecule has 148 valence electrons. The summed E-state index contributed by atoms with van der Waals surface area (Å²) in [5, 5.41) is 9.10. The summed E-state index contributed by atoms with van der Waals surface area (Å²) in [6, 6.07) is 6.05. The van der Waals surface area contributed by atoms with E-state index in [0.29, 0.717) is 13.0 Å². The van der Waals surface area contributed by atoms with E-state index in [1.165, 1.54) is 0 Å². The molecule has 28 heavy (non-hydrogen) atoms. The highest BCUT2D eigenvalue weighted by atomic mass is 16.2. The predicted octanol–water partition coefficient (Wildman–Crippen LogP) is 3.29. The number of amides is 1. The van der Waals surface area contributed by atoms with Gasteiger partial charge in [-0.1, -0.05) is 20.8 Å². The summed E-state index contributed by atoms with van der Waals surface area (Å²) in [4.78, 5) is 19.5. The van der Waals surface area contributed by atoms with Crippen LogP contribution in [0, 0.1) is 6.92 Å². The molecule has 7 nitrogen and oxygen atoms in total. The number of hydrogen-bond donors (Lipinski definition) is 0. The molecule has 0 spiro atoms. The molecule has 0 unspecified atom stereocenters. The first-order valence-corrected chi connectivity index (χ1v) is 9.97. The van der Waals surface area contributed by atoms with Crippen LogP contribution in [0.5, 0.6) is 0 Å². The van der Waals surface area contributed by atoms with Crippen LogP contribution in [0.15, 0.2) is 30.6 Å². The van der Waals surface area contributed by atoms with E-state index in [1.807, 2.05) is 45.4 Å². The van der Waals surface area contributed by atoms with Crippen molar-refractivity contribution in [2.75, 3.05) is 6.54 Å². The average Bonchev–Trinajstić information content (AvgIpc) is 3.37. The van der Waals surface area contributed by atoms with Crippen molar-refractivity contribution in [2.24, 2.45) is 0 Å². The lowest BCUT2D eigenvalue weighted by Crippen LogP contribution is -2.32. The molecule has 1 saturated heterocycles. The van der Waals surface area contributed by atoms with E-state index in [1.54, 1.807) is 6.20 Å². The molecule has 1 amide bonds. The first-order chi connectivity index (χ1) is 13.3. The SMILES string of the molecule is Cc1ccnn1CCC(=O)N1CCC[C@H]1c1ccnc2cc(C(C)(C)C)nn12. The van der Waals surface area contributed by atoms with Gasteiger partial charge in [0.1, 0.15) is 0 Å². The second kappa shape index (κ2) is 7.04. The number of rotatable bonds is 4. The molecule has 3 aromatic rings.